The lowest BCUT2D eigenvalue weighted by atomic mass is 9.64. The third-order valence-electron chi connectivity index (χ3n) is 2.78. The maximum absolute atomic E-state index is 11.0. The molecule has 1 nitrogen and oxygen atoms in total. The molecule has 0 N–H and O–H groups in total. The highest BCUT2D eigenvalue weighted by Crippen LogP contribution is 2.42. The molecular weight excluding hydrogens is 112 g/mol. The van der Waals surface area contributed by atoms with Crippen LogP contribution in [0, 0.1) is 5.41 Å². The average molecular weight is 126 g/mol. The van der Waals surface area contributed by atoms with Gasteiger partial charge in [0.15, 0.2) is 0 Å². The lowest BCUT2D eigenvalue weighted by Gasteiger charge is -2.38. The topological polar surface area (TPSA) is 17.1 Å². The largest absolute Gasteiger partial charge is 0.299 e. The number of Topliss-reactive ketones (excluding diaryl/α,β-unsaturated/α-hetero) is 1. The van der Waals surface area contributed by atoms with Crippen molar-refractivity contribution in [3.05, 3.63) is 0 Å². The molecule has 0 amide bonds. The molecule has 0 aromatic carbocycles. The van der Waals surface area contributed by atoms with Crippen molar-refractivity contribution in [2.75, 3.05) is 0 Å². The highest BCUT2D eigenvalue weighted by atomic mass is 16.1. The first-order chi connectivity index (χ1) is 4.25. The molecule has 9 heavy (non-hydrogen) atoms. The number of rotatable bonds is 2. The van der Waals surface area contributed by atoms with Crippen LogP contribution in [0.25, 0.3) is 0 Å². The fourth-order valence-electron chi connectivity index (χ4n) is 1.58. The molecule has 1 fully saturated rings. The van der Waals surface area contributed by atoms with Gasteiger partial charge in [0.05, 0.1) is 0 Å². The molecule has 0 heterocycles. The van der Waals surface area contributed by atoms with E-state index in [1.54, 1.807) is 0 Å². The molecule has 0 radical (unpaired) electrons. The maximum atomic E-state index is 11.0. The summed E-state index contributed by atoms with van der Waals surface area (Å²) in [7, 11) is 0. The lowest BCUT2D eigenvalue weighted by molar-refractivity contribution is -0.138. The molecule has 0 aromatic rings. The van der Waals surface area contributed by atoms with Crippen LogP contribution < -0.4 is 0 Å². The van der Waals surface area contributed by atoms with Gasteiger partial charge in [-0.2, -0.15) is 0 Å². The predicted octanol–water partition coefficient (Wildman–Crippen LogP) is 2.16. The van der Waals surface area contributed by atoms with E-state index >= 15 is 0 Å². The van der Waals surface area contributed by atoms with Gasteiger partial charge in [0.1, 0.15) is 5.78 Å². The van der Waals surface area contributed by atoms with E-state index in [-0.39, 0.29) is 5.41 Å². The van der Waals surface area contributed by atoms with Gasteiger partial charge in [0.2, 0.25) is 0 Å². The molecule has 0 spiro atoms. The van der Waals surface area contributed by atoms with Crippen LogP contribution >= 0.6 is 0 Å². The van der Waals surface area contributed by atoms with Crippen LogP contribution in [0.15, 0.2) is 0 Å². The second-order valence-electron chi connectivity index (χ2n) is 2.91. The number of carbonyl (C=O) groups is 1. The van der Waals surface area contributed by atoms with Gasteiger partial charge in [0.25, 0.3) is 0 Å². The van der Waals surface area contributed by atoms with E-state index in [9.17, 15) is 4.79 Å². The van der Waals surface area contributed by atoms with Crippen LogP contribution in [0.2, 0.25) is 0 Å². The summed E-state index contributed by atoms with van der Waals surface area (Å²) in [4.78, 5) is 11.0. The number of hydrogen-bond acceptors (Lipinski definition) is 1. The lowest BCUT2D eigenvalue weighted by Crippen LogP contribution is -2.39. The second kappa shape index (κ2) is 2.13. The van der Waals surface area contributed by atoms with Gasteiger partial charge in [-0.3, -0.25) is 4.79 Å². The van der Waals surface area contributed by atoms with E-state index in [0.29, 0.717) is 5.78 Å². The Morgan fingerprint density at radius 2 is 2.00 bits per heavy atom. The monoisotopic (exact) mass is 126 g/mol. The van der Waals surface area contributed by atoms with Gasteiger partial charge in [-0.15, -0.1) is 0 Å². The third kappa shape index (κ3) is 0.790. The van der Waals surface area contributed by atoms with E-state index in [0.717, 1.165) is 25.7 Å². The first-order valence-electron chi connectivity index (χ1n) is 3.78. The van der Waals surface area contributed by atoms with Gasteiger partial charge < -0.3 is 0 Å². The van der Waals surface area contributed by atoms with E-state index in [1.165, 1.54) is 0 Å². The Balaban J connectivity index is 2.58. The van der Waals surface area contributed by atoms with Gasteiger partial charge >= 0.3 is 0 Å². The molecule has 0 aromatic heterocycles. The quantitative estimate of drug-likeness (QED) is 0.554. The summed E-state index contributed by atoms with van der Waals surface area (Å²) >= 11 is 0. The van der Waals surface area contributed by atoms with Crippen LogP contribution in [0.1, 0.15) is 39.5 Å². The number of ketones is 1. The summed E-state index contributed by atoms with van der Waals surface area (Å²) < 4.78 is 0. The van der Waals surface area contributed by atoms with Crippen molar-refractivity contribution in [1.29, 1.82) is 0 Å². The first kappa shape index (κ1) is 6.79. The molecule has 0 bridgehead atoms. The molecule has 0 aliphatic heterocycles. The van der Waals surface area contributed by atoms with Crippen molar-refractivity contribution in [2.45, 2.75) is 39.5 Å². The Morgan fingerprint density at radius 1 is 1.44 bits per heavy atom. The zero-order valence-electron chi connectivity index (χ0n) is 6.24. The Hall–Kier alpha value is -0.330. The third-order valence-corrected chi connectivity index (χ3v) is 2.78. The minimum absolute atomic E-state index is 0.125. The summed E-state index contributed by atoms with van der Waals surface area (Å²) in [6.07, 6.45) is 4.06. The normalized spacial score (nSPS) is 23.6. The first-order valence-corrected chi connectivity index (χ1v) is 3.78. The van der Waals surface area contributed by atoms with Gasteiger partial charge in [-0.1, -0.05) is 13.8 Å². The molecule has 1 aliphatic rings. The standard InChI is InChI=1S/C8H14O/c1-3-8(4-2)6-5-7(8)9/h3-6H2,1-2H3. The molecule has 0 unspecified atom stereocenters. The SMILES string of the molecule is CCC1(CC)CCC1=O. The van der Waals surface area contributed by atoms with Crippen molar-refractivity contribution in [2.24, 2.45) is 5.41 Å². The van der Waals surface area contributed by atoms with Crippen LogP contribution in [0.3, 0.4) is 0 Å². The zero-order chi connectivity index (χ0) is 6.91. The molecule has 1 heteroatoms. The summed E-state index contributed by atoms with van der Waals surface area (Å²) in [5, 5.41) is 0. The summed E-state index contributed by atoms with van der Waals surface area (Å²) in [6, 6.07) is 0. The summed E-state index contributed by atoms with van der Waals surface area (Å²) in [5.74, 6) is 0.493. The molecule has 1 rings (SSSR count). The number of carbonyl (C=O) groups excluding carboxylic acids is 1. The van der Waals surface area contributed by atoms with E-state index in [4.69, 9.17) is 0 Å². The summed E-state index contributed by atoms with van der Waals surface area (Å²) in [5.41, 5.74) is 0.125. The Bertz CT molecular complexity index is 117. The van der Waals surface area contributed by atoms with E-state index in [1.807, 2.05) is 0 Å². The number of hydrogen-bond donors (Lipinski definition) is 0. The minimum Gasteiger partial charge on any atom is -0.299 e. The van der Waals surface area contributed by atoms with E-state index < -0.39 is 0 Å². The van der Waals surface area contributed by atoms with Gasteiger partial charge in [-0.05, 0) is 19.3 Å². The van der Waals surface area contributed by atoms with Crippen molar-refractivity contribution in [1.82, 2.24) is 0 Å². The molecule has 1 saturated carbocycles. The molecule has 0 atom stereocenters. The average Bonchev–Trinajstić information content (AvgIpc) is 1.89. The molecule has 0 saturated heterocycles. The van der Waals surface area contributed by atoms with Crippen molar-refractivity contribution < 1.29 is 4.79 Å². The van der Waals surface area contributed by atoms with Crippen LogP contribution in [-0.4, -0.2) is 5.78 Å². The molecule has 1 aliphatic carbocycles. The predicted molar refractivity (Wildman–Crippen MR) is 37.3 cm³/mol. The second-order valence-corrected chi connectivity index (χ2v) is 2.91. The van der Waals surface area contributed by atoms with Crippen molar-refractivity contribution in [3.63, 3.8) is 0 Å². The molecular formula is C8H14O. The minimum atomic E-state index is 0.125. The van der Waals surface area contributed by atoms with Crippen molar-refractivity contribution >= 4 is 5.78 Å². The highest BCUT2D eigenvalue weighted by Gasteiger charge is 2.42. The smallest absolute Gasteiger partial charge is 0.139 e. The Labute approximate surface area is 56.4 Å². The van der Waals surface area contributed by atoms with Crippen LogP contribution in [0.5, 0.6) is 0 Å². The van der Waals surface area contributed by atoms with Crippen molar-refractivity contribution in [3.8, 4) is 0 Å². The maximum Gasteiger partial charge on any atom is 0.139 e. The summed E-state index contributed by atoms with van der Waals surface area (Å²) in [6.45, 7) is 4.22. The fourth-order valence-corrected chi connectivity index (χ4v) is 1.58. The molecule has 52 valence electrons. The van der Waals surface area contributed by atoms with Gasteiger partial charge in [-0.25, -0.2) is 0 Å². The van der Waals surface area contributed by atoms with Crippen LogP contribution in [0.4, 0.5) is 0 Å². The Morgan fingerprint density at radius 3 is 2.00 bits per heavy atom. The highest BCUT2D eigenvalue weighted by molar-refractivity contribution is 5.90. The van der Waals surface area contributed by atoms with Crippen LogP contribution in [-0.2, 0) is 4.79 Å². The zero-order valence-corrected chi connectivity index (χ0v) is 6.24. The van der Waals surface area contributed by atoms with E-state index in [2.05, 4.69) is 13.8 Å². The van der Waals surface area contributed by atoms with Gasteiger partial charge in [0, 0.05) is 11.8 Å². The fraction of sp³-hybridized carbons (Fsp3) is 0.875. The Kier molecular flexibility index (Phi) is 1.60.